The Balaban J connectivity index is 1.29. The molecule has 8 nitrogen and oxygen atoms in total. The molecule has 5 rings (SSSR count). The van der Waals surface area contributed by atoms with E-state index in [1.165, 1.54) is 24.0 Å². The minimum Gasteiger partial charge on any atom is -0.459 e. The number of hydrogen-bond acceptors (Lipinski definition) is 7. The summed E-state index contributed by atoms with van der Waals surface area (Å²) in [4.78, 5) is 31.3. The fourth-order valence-corrected chi connectivity index (χ4v) is 4.31. The van der Waals surface area contributed by atoms with Gasteiger partial charge in [-0.15, -0.1) is 11.3 Å². The van der Waals surface area contributed by atoms with E-state index in [1.807, 2.05) is 13.0 Å². The third-order valence-corrected chi connectivity index (χ3v) is 6.46. The second kappa shape index (κ2) is 8.43. The van der Waals surface area contributed by atoms with Gasteiger partial charge in [-0.3, -0.25) is 9.59 Å². The van der Waals surface area contributed by atoms with E-state index in [1.54, 1.807) is 36.4 Å². The number of anilines is 2. The van der Waals surface area contributed by atoms with Crippen LogP contribution < -0.4 is 10.6 Å². The highest BCUT2D eigenvalue weighted by molar-refractivity contribution is 7.16. The van der Waals surface area contributed by atoms with E-state index in [2.05, 4.69) is 20.8 Å². The first kappa shape index (κ1) is 20.2. The molecular formula is C23H20N4O4S. The predicted octanol–water partition coefficient (Wildman–Crippen LogP) is 5.47. The molecule has 0 aliphatic heterocycles. The molecule has 1 aromatic carbocycles. The number of amides is 2. The van der Waals surface area contributed by atoms with Crippen molar-refractivity contribution in [3.05, 3.63) is 70.8 Å². The highest BCUT2D eigenvalue weighted by Gasteiger charge is 2.26. The Morgan fingerprint density at radius 1 is 1.09 bits per heavy atom. The number of thiophene rings is 1. The molecule has 9 heteroatoms. The number of rotatable bonds is 6. The Morgan fingerprint density at radius 3 is 2.72 bits per heavy atom. The maximum absolute atomic E-state index is 12.8. The fraction of sp³-hybridized carbons (Fsp3) is 0.217. The van der Waals surface area contributed by atoms with Crippen LogP contribution in [0.25, 0.3) is 10.7 Å². The highest BCUT2D eigenvalue weighted by Crippen LogP contribution is 2.38. The largest absolute Gasteiger partial charge is 0.459 e. The smallest absolute Gasteiger partial charge is 0.291 e. The van der Waals surface area contributed by atoms with Gasteiger partial charge in [0.05, 0.1) is 16.8 Å². The van der Waals surface area contributed by atoms with Crippen molar-refractivity contribution in [2.75, 3.05) is 10.6 Å². The van der Waals surface area contributed by atoms with Gasteiger partial charge >= 0.3 is 0 Å². The summed E-state index contributed by atoms with van der Waals surface area (Å²) in [7, 11) is 0. The van der Waals surface area contributed by atoms with Crippen LogP contribution in [0.1, 0.15) is 56.9 Å². The van der Waals surface area contributed by atoms with Crippen LogP contribution in [0.2, 0.25) is 0 Å². The quantitative estimate of drug-likeness (QED) is 0.405. The summed E-state index contributed by atoms with van der Waals surface area (Å²) in [6, 6.07) is 11.8. The van der Waals surface area contributed by atoms with Crippen LogP contribution in [0, 0.1) is 6.92 Å². The van der Waals surface area contributed by atoms with Crippen molar-refractivity contribution in [3.8, 4) is 10.7 Å². The van der Waals surface area contributed by atoms with Gasteiger partial charge in [0.2, 0.25) is 11.7 Å². The Morgan fingerprint density at radius 2 is 1.97 bits per heavy atom. The van der Waals surface area contributed by atoms with Gasteiger partial charge in [-0.2, -0.15) is 4.98 Å². The lowest BCUT2D eigenvalue weighted by Crippen LogP contribution is -2.14. The van der Waals surface area contributed by atoms with E-state index in [9.17, 15) is 9.59 Å². The van der Waals surface area contributed by atoms with Crippen LogP contribution in [-0.2, 0) is 0 Å². The van der Waals surface area contributed by atoms with Gasteiger partial charge in [-0.25, -0.2) is 0 Å². The zero-order chi connectivity index (χ0) is 22.1. The van der Waals surface area contributed by atoms with Gasteiger partial charge in [0.15, 0.2) is 5.76 Å². The second-order valence-electron chi connectivity index (χ2n) is 7.63. The van der Waals surface area contributed by atoms with Gasteiger partial charge in [-0.1, -0.05) is 17.6 Å². The molecule has 1 aliphatic carbocycles. The molecule has 1 saturated carbocycles. The predicted molar refractivity (Wildman–Crippen MR) is 120 cm³/mol. The number of nitrogens with one attached hydrogen (secondary N) is 2. The van der Waals surface area contributed by atoms with Crippen LogP contribution in [0.15, 0.2) is 57.7 Å². The summed E-state index contributed by atoms with van der Waals surface area (Å²) in [5, 5.41) is 9.76. The molecule has 162 valence electrons. The van der Waals surface area contributed by atoms with Gasteiger partial charge < -0.3 is 19.6 Å². The lowest BCUT2D eigenvalue weighted by atomic mass is 9.85. The first-order valence-corrected chi connectivity index (χ1v) is 11.1. The van der Waals surface area contributed by atoms with Gasteiger partial charge in [0.25, 0.3) is 11.8 Å². The number of aryl methyl sites for hydroxylation is 1. The zero-order valence-corrected chi connectivity index (χ0v) is 18.1. The molecule has 1 aliphatic rings. The van der Waals surface area contributed by atoms with Crippen molar-refractivity contribution in [2.24, 2.45) is 0 Å². The molecule has 0 saturated heterocycles. The molecule has 0 radical (unpaired) electrons. The maximum Gasteiger partial charge on any atom is 0.291 e. The SMILES string of the molecule is Cc1sc(-c2noc(C3CCC3)n2)cc1NC(=O)c1cccc(NC(=O)c2ccco2)c1. The zero-order valence-electron chi connectivity index (χ0n) is 17.3. The minimum absolute atomic E-state index is 0.197. The van der Waals surface area contributed by atoms with Crippen LogP contribution in [-0.4, -0.2) is 22.0 Å². The molecule has 32 heavy (non-hydrogen) atoms. The Hall–Kier alpha value is -3.72. The first-order valence-electron chi connectivity index (χ1n) is 10.3. The number of benzene rings is 1. The lowest BCUT2D eigenvalue weighted by molar-refractivity contribution is 0.0993. The van der Waals surface area contributed by atoms with Crippen LogP contribution in [0.4, 0.5) is 11.4 Å². The molecule has 4 aromatic rings. The molecule has 2 amide bonds. The summed E-state index contributed by atoms with van der Waals surface area (Å²) in [6.45, 7) is 1.93. The van der Waals surface area contributed by atoms with Crippen molar-refractivity contribution in [3.63, 3.8) is 0 Å². The Bertz CT molecular complexity index is 1270. The number of aromatic nitrogens is 2. The monoisotopic (exact) mass is 448 g/mol. The summed E-state index contributed by atoms with van der Waals surface area (Å²) in [6.07, 6.45) is 4.81. The summed E-state index contributed by atoms with van der Waals surface area (Å²) in [5.74, 6) is 1.14. The van der Waals surface area contributed by atoms with E-state index < -0.39 is 0 Å². The lowest BCUT2D eigenvalue weighted by Gasteiger charge is -2.20. The standard InChI is InChI=1S/C23H20N4O4S/c1-13-17(12-19(32-13)20-26-23(31-27-20)14-5-2-6-14)25-21(28)15-7-3-8-16(11-15)24-22(29)18-9-4-10-30-18/h3-4,7-12,14H,2,5-6H2,1H3,(H,24,29)(H,25,28). The Kier molecular flexibility index (Phi) is 5.32. The molecule has 0 bridgehead atoms. The van der Waals surface area contributed by atoms with Crippen molar-refractivity contribution in [1.29, 1.82) is 0 Å². The molecule has 2 N–H and O–H groups in total. The average Bonchev–Trinajstić information content (AvgIpc) is 3.49. The molecule has 3 heterocycles. The minimum atomic E-state index is -0.382. The van der Waals surface area contributed by atoms with E-state index in [-0.39, 0.29) is 17.6 Å². The second-order valence-corrected chi connectivity index (χ2v) is 8.89. The summed E-state index contributed by atoms with van der Waals surface area (Å²) < 4.78 is 10.5. The number of hydrogen-bond donors (Lipinski definition) is 2. The van der Waals surface area contributed by atoms with Crippen LogP contribution in [0.3, 0.4) is 0 Å². The maximum atomic E-state index is 12.8. The summed E-state index contributed by atoms with van der Waals surface area (Å²) >= 11 is 1.50. The van der Waals surface area contributed by atoms with E-state index >= 15 is 0 Å². The highest BCUT2D eigenvalue weighted by atomic mass is 32.1. The van der Waals surface area contributed by atoms with E-state index in [0.717, 1.165) is 22.6 Å². The van der Waals surface area contributed by atoms with Crippen molar-refractivity contribution >= 4 is 34.5 Å². The van der Waals surface area contributed by atoms with E-state index in [0.29, 0.717) is 34.6 Å². The topological polar surface area (TPSA) is 110 Å². The normalized spacial score (nSPS) is 13.5. The first-order chi connectivity index (χ1) is 15.6. The molecule has 0 spiro atoms. The van der Waals surface area contributed by atoms with Crippen molar-refractivity contribution < 1.29 is 18.5 Å². The number of carbonyl (C=O) groups is 2. The molecular weight excluding hydrogens is 428 g/mol. The van der Waals surface area contributed by atoms with Gasteiger partial charge in [0.1, 0.15) is 0 Å². The van der Waals surface area contributed by atoms with Gasteiger partial charge in [0, 0.05) is 22.0 Å². The third kappa shape index (κ3) is 4.06. The third-order valence-electron chi connectivity index (χ3n) is 5.41. The van der Waals surface area contributed by atoms with Crippen molar-refractivity contribution in [2.45, 2.75) is 32.1 Å². The van der Waals surface area contributed by atoms with Gasteiger partial charge in [-0.05, 0) is 56.2 Å². The summed E-state index contributed by atoms with van der Waals surface area (Å²) in [5.41, 5.74) is 1.60. The van der Waals surface area contributed by atoms with Crippen molar-refractivity contribution in [1.82, 2.24) is 10.1 Å². The van der Waals surface area contributed by atoms with Crippen LogP contribution >= 0.6 is 11.3 Å². The Labute approximate surface area is 187 Å². The number of nitrogens with zero attached hydrogens (tertiary/aromatic N) is 2. The number of furan rings is 1. The fourth-order valence-electron chi connectivity index (χ4n) is 3.41. The van der Waals surface area contributed by atoms with E-state index in [4.69, 9.17) is 8.94 Å². The molecule has 1 fully saturated rings. The number of carbonyl (C=O) groups excluding carboxylic acids is 2. The molecule has 0 unspecified atom stereocenters. The average molecular weight is 449 g/mol. The molecule has 3 aromatic heterocycles. The van der Waals surface area contributed by atoms with Crippen LogP contribution in [0.5, 0.6) is 0 Å². The molecule has 0 atom stereocenters.